The summed E-state index contributed by atoms with van der Waals surface area (Å²) in [6.45, 7) is 2.07. The molecule has 7 heteroatoms. The van der Waals surface area contributed by atoms with Crippen molar-refractivity contribution in [1.82, 2.24) is 9.80 Å². The first kappa shape index (κ1) is 16.9. The van der Waals surface area contributed by atoms with Gasteiger partial charge in [-0.05, 0) is 21.0 Å². The van der Waals surface area contributed by atoms with Crippen LogP contribution in [-0.2, 0) is 14.4 Å². The van der Waals surface area contributed by atoms with E-state index in [1.807, 2.05) is 4.90 Å². The molecule has 0 heterocycles. The summed E-state index contributed by atoms with van der Waals surface area (Å²) in [7, 11) is 3.60. The van der Waals surface area contributed by atoms with E-state index >= 15 is 0 Å². The third kappa shape index (κ3) is 5.82. The standard InChI is InChI=1S/C12H18N2O5/c1-9(17)11(8-16)14(5-4-13(2)3)6-10(7-15)12(18)19/h6-8,17H,4-5H2,1-3H3,(H,18,19)/b10-6+,11-9+. The first-order valence-corrected chi connectivity index (χ1v) is 5.50. The molecule has 0 aromatic carbocycles. The Kier molecular flexibility index (Phi) is 7.13. The highest BCUT2D eigenvalue weighted by Gasteiger charge is 2.14. The van der Waals surface area contributed by atoms with Crippen molar-refractivity contribution in [3.8, 4) is 0 Å². The Morgan fingerprint density at radius 1 is 1.11 bits per heavy atom. The van der Waals surface area contributed by atoms with Gasteiger partial charge in [0.15, 0.2) is 12.6 Å². The lowest BCUT2D eigenvalue weighted by atomic mass is 10.2. The van der Waals surface area contributed by atoms with Crippen molar-refractivity contribution < 1.29 is 24.6 Å². The summed E-state index contributed by atoms with van der Waals surface area (Å²) in [6.07, 6.45) is 1.62. The van der Waals surface area contributed by atoms with Crippen LogP contribution < -0.4 is 0 Å². The van der Waals surface area contributed by atoms with Crippen LogP contribution >= 0.6 is 0 Å². The zero-order valence-corrected chi connectivity index (χ0v) is 11.2. The zero-order valence-electron chi connectivity index (χ0n) is 11.2. The second-order valence-electron chi connectivity index (χ2n) is 4.09. The molecule has 0 aromatic rings. The highest BCUT2D eigenvalue weighted by atomic mass is 16.4. The van der Waals surface area contributed by atoms with E-state index < -0.39 is 11.5 Å². The molecule has 0 aliphatic carbocycles. The Balaban J connectivity index is 5.39. The Hall–Kier alpha value is -2.15. The number of hydrogen-bond donors (Lipinski definition) is 2. The fraction of sp³-hybridized carbons (Fsp3) is 0.417. The second-order valence-corrected chi connectivity index (χ2v) is 4.09. The van der Waals surface area contributed by atoms with Gasteiger partial charge in [-0.3, -0.25) is 9.59 Å². The van der Waals surface area contributed by atoms with Crippen LogP contribution in [0.15, 0.2) is 23.2 Å². The quantitative estimate of drug-likeness (QED) is 0.211. The van der Waals surface area contributed by atoms with Gasteiger partial charge in [-0.15, -0.1) is 0 Å². The molecule has 0 bridgehead atoms. The van der Waals surface area contributed by atoms with Crippen molar-refractivity contribution in [2.45, 2.75) is 6.92 Å². The number of carbonyl (C=O) groups is 3. The van der Waals surface area contributed by atoms with E-state index in [1.54, 1.807) is 14.1 Å². The number of rotatable bonds is 8. The van der Waals surface area contributed by atoms with E-state index in [2.05, 4.69) is 0 Å². The minimum atomic E-state index is -1.40. The maximum absolute atomic E-state index is 10.9. The molecule has 0 aromatic heterocycles. The number of aldehydes is 2. The Bertz CT molecular complexity index is 408. The van der Waals surface area contributed by atoms with E-state index in [0.717, 1.165) is 6.20 Å². The van der Waals surface area contributed by atoms with Crippen LogP contribution in [0.2, 0.25) is 0 Å². The topological polar surface area (TPSA) is 98.2 Å². The number of likely N-dealkylation sites (N-methyl/N-ethyl adjacent to an activating group) is 1. The summed E-state index contributed by atoms with van der Waals surface area (Å²) in [5, 5.41) is 18.2. The molecule has 7 nitrogen and oxygen atoms in total. The summed E-state index contributed by atoms with van der Waals surface area (Å²) >= 11 is 0. The van der Waals surface area contributed by atoms with Gasteiger partial charge < -0.3 is 20.0 Å². The molecule has 19 heavy (non-hydrogen) atoms. The number of hydrogen-bond acceptors (Lipinski definition) is 6. The Labute approximate surface area is 111 Å². The van der Waals surface area contributed by atoms with Crippen LogP contribution in [-0.4, -0.2) is 65.7 Å². The minimum Gasteiger partial charge on any atom is -0.510 e. The lowest BCUT2D eigenvalue weighted by molar-refractivity contribution is -0.133. The molecule has 0 fully saturated rings. The molecule has 0 rings (SSSR count). The molecule has 0 aliphatic rings. The summed E-state index contributed by atoms with van der Waals surface area (Å²) in [5.74, 6) is -1.65. The zero-order chi connectivity index (χ0) is 15.0. The molecule has 0 radical (unpaired) electrons. The molecule has 0 unspecified atom stereocenters. The smallest absolute Gasteiger partial charge is 0.340 e. The Morgan fingerprint density at radius 3 is 2.00 bits per heavy atom. The van der Waals surface area contributed by atoms with Crippen LogP contribution in [0.5, 0.6) is 0 Å². The molecule has 2 N–H and O–H groups in total. The van der Waals surface area contributed by atoms with Gasteiger partial charge in [-0.1, -0.05) is 0 Å². The predicted molar refractivity (Wildman–Crippen MR) is 68.4 cm³/mol. The van der Waals surface area contributed by atoms with Crippen molar-refractivity contribution in [1.29, 1.82) is 0 Å². The van der Waals surface area contributed by atoms with Crippen LogP contribution in [0.3, 0.4) is 0 Å². The van der Waals surface area contributed by atoms with E-state index in [4.69, 9.17) is 5.11 Å². The average Bonchev–Trinajstić information content (AvgIpc) is 2.31. The van der Waals surface area contributed by atoms with Gasteiger partial charge >= 0.3 is 5.97 Å². The maximum Gasteiger partial charge on any atom is 0.340 e. The van der Waals surface area contributed by atoms with Crippen molar-refractivity contribution >= 4 is 18.5 Å². The first-order chi connectivity index (χ1) is 8.83. The number of aliphatic carboxylic acids is 1. The van der Waals surface area contributed by atoms with Gasteiger partial charge in [0.1, 0.15) is 17.0 Å². The summed E-state index contributed by atoms with van der Waals surface area (Å²) < 4.78 is 0. The third-order valence-corrected chi connectivity index (χ3v) is 2.25. The lowest BCUT2D eigenvalue weighted by Crippen LogP contribution is -2.29. The van der Waals surface area contributed by atoms with Gasteiger partial charge in [0.2, 0.25) is 0 Å². The Morgan fingerprint density at radius 2 is 1.68 bits per heavy atom. The highest BCUT2D eigenvalue weighted by Crippen LogP contribution is 2.09. The number of carboxylic acids is 1. The number of aliphatic hydroxyl groups is 1. The highest BCUT2D eigenvalue weighted by molar-refractivity contribution is 6.06. The predicted octanol–water partition coefficient (Wildman–Crippen LogP) is 0.00580. The third-order valence-electron chi connectivity index (χ3n) is 2.25. The van der Waals surface area contributed by atoms with Crippen molar-refractivity contribution in [2.75, 3.05) is 27.2 Å². The number of nitrogens with zero attached hydrogens (tertiary/aromatic N) is 2. The molecular weight excluding hydrogens is 252 g/mol. The summed E-state index contributed by atoms with van der Waals surface area (Å²) in [4.78, 5) is 35.4. The molecule has 0 aliphatic heterocycles. The maximum atomic E-state index is 10.9. The molecular formula is C12H18N2O5. The van der Waals surface area contributed by atoms with Gasteiger partial charge in [0.05, 0.1) is 0 Å². The lowest BCUT2D eigenvalue weighted by Gasteiger charge is -2.23. The number of carboxylic acid groups (broad SMARTS) is 1. The normalized spacial score (nSPS) is 12.9. The average molecular weight is 270 g/mol. The van der Waals surface area contributed by atoms with Crippen molar-refractivity contribution in [3.63, 3.8) is 0 Å². The van der Waals surface area contributed by atoms with Gasteiger partial charge in [-0.2, -0.15) is 0 Å². The molecule has 0 saturated heterocycles. The van der Waals surface area contributed by atoms with Gasteiger partial charge in [-0.25, -0.2) is 4.79 Å². The molecule has 106 valence electrons. The number of allylic oxidation sites excluding steroid dienone is 2. The van der Waals surface area contributed by atoms with E-state index in [1.165, 1.54) is 11.8 Å². The number of aliphatic hydroxyl groups excluding tert-OH is 1. The van der Waals surface area contributed by atoms with Crippen molar-refractivity contribution in [3.05, 3.63) is 23.2 Å². The van der Waals surface area contributed by atoms with E-state index in [0.29, 0.717) is 12.8 Å². The van der Waals surface area contributed by atoms with Crippen LogP contribution in [0.25, 0.3) is 0 Å². The second kappa shape index (κ2) is 8.04. The van der Waals surface area contributed by atoms with Gasteiger partial charge in [0.25, 0.3) is 0 Å². The molecule has 0 atom stereocenters. The molecule has 0 saturated carbocycles. The summed E-state index contributed by atoms with van der Waals surface area (Å²) in [5.41, 5.74) is -0.582. The summed E-state index contributed by atoms with van der Waals surface area (Å²) in [6, 6.07) is 0. The van der Waals surface area contributed by atoms with Crippen LogP contribution in [0, 0.1) is 0 Å². The fourth-order valence-corrected chi connectivity index (χ4v) is 1.23. The van der Waals surface area contributed by atoms with Crippen LogP contribution in [0.1, 0.15) is 6.92 Å². The SMILES string of the molecule is C/C(O)=C(/C=O)N(/C=C(\C=O)C(=O)O)CCN(C)C. The van der Waals surface area contributed by atoms with E-state index in [-0.39, 0.29) is 24.3 Å². The molecule has 0 amide bonds. The molecule has 0 spiro atoms. The minimum absolute atomic E-state index is 0.0811. The monoisotopic (exact) mass is 270 g/mol. The van der Waals surface area contributed by atoms with Crippen molar-refractivity contribution in [2.24, 2.45) is 0 Å². The largest absolute Gasteiger partial charge is 0.510 e. The van der Waals surface area contributed by atoms with Gasteiger partial charge in [0, 0.05) is 19.3 Å². The first-order valence-electron chi connectivity index (χ1n) is 5.50. The van der Waals surface area contributed by atoms with E-state index in [9.17, 15) is 19.5 Å². The fourth-order valence-electron chi connectivity index (χ4n) is 1.23. The number of carbonyl (C=O) groups excluding carboxylic acids is 2. The van der Waals surface area contributed by atoms with Crippen LogP contribution in [0.4, 0.5) is 0 Å².